The van der Waals surface area contributed by atoms with Crippen molar-refractivity contribution in [3.05, 3.63) is 64.3 Å². The van der Waals surface area contributed by atoms with E-state index in [0.717, 1.165) is 28.3 Å². The lowest BCUT2D eigenvalue weighted by molar-refractivity contribution is -0.137. The van der Waals surface area contributed by atoms with Crippen molar-refractivity contribution in [1.29, 1.82) is 0 Å². The Morgan fingerprint density at radius 1 is 1.03 bits per heavy atom. The number of alkyl halides is 3. The topological polar surface area (TPSA) is 110 Å². The Kier molecular flexibility index (Phi) is 6.33. The molecular formula is C23H23F3N4O3. The van der Waals surface area contributed by atoms with Gasteiger partial charge in [0.2, 0.25) is 11.8 Å². The van der Waals surface area contributed by atoms with Crippen LogP contribution in [0.4, 0.5) is 24.5 Å². The van der Waals surface area contributed by atoms with E-state index in [9.17, 15) is 27.6 Å². The highest BCUT2D eigenvalue weighted by atomic mass is 19.4. The van der Waals surface area contributed by atoms with Crippen LogP contribution in [0.5, 0.6) is 0 Å². The van der Waals surface area contributed by atoms with E-state index in [4.69, 9.17) is 11.6 Å². The summed E-state index contributed by atoms with van der Waals surface area (Å²) >= 11 is 0. The Balaban J connectivity index is 2.18. The number of hydrogen-bond donors (Lipinski definition) is 2. The number of aryl methyl sites for hydroxylation is 2. The maximum absolute atomic E-state index is 13.5. The quantitative estimate of drug-likeness (QED) is 0.307. The Bertz CT molecular complexity index is 1170. The van der Waals surface area contributed by atoms with Crippen LogP contribution >= 0.6 is 0 Å². The molecule has 1 aliphatic rings. The second kappa shape index (κ2) is 8.70. The fraction of sp³-hybridized carbons (Fsp3) is 0.261. The fourth-order valence-corrected chi connectivity index (χ4v) is 3.78. The highest BCUT2D eigenvalue weighted by molar-refractivity contribution is 6.35. The van der Waals surface area contributed by atoms with Crippen LogP contribution in [0, 0.1) is 13.8 Å². The van der Waals surface area contributed by atoms with Gasteiger partial charge in [-0.1, -0.05) is 12.1 Å². The molecule has 3 amide bonds. The Labute approximate surface area is 188 Å². The number of amides is 3. The normalized spacial score (nSPS) is 14.9. The molecule has 174 valence electrons. The molecule has 33 heavy (non-hydrogen) atoms. The number of halogens is 3. The van der Waals surface area contributed by atoms with Crippen LogP contribution in [0.25, 0.3) is 5.57 Å². The Hall–Kier alpha value is -3.66. The van der Waals surface area contributed by atoms with Gasteiger partial charge in [0.15, 0.2) is 0 Å². The molecule has 4 N–H and O–H groups in total. The zero-order valence-corrected chi connectivity index (χ0v) is 18.3. The maximum atomic E-state index is 13.5. The van der Waals surface area contributed by atoms with Gasteiger partial charge in [0.1, 0.15) is 0 Å². The van der Waals surface area contributed by atoms with Crippen LogP contribution in [0.1, 0.15) is 42.0 Å². The zero-order valence-electron chi connectivity index (χ0n) is 18.3. The molecule has 2 aromatic carbocycles. The van der Waals surface area contributed by atoms with E-state index in [-0.39, 0.29) is 35.4 Å². The van der Waals surface area contributed by atoms with Gasteiger partial charge in [-0.2, -0.15) is 13.2 Å². The summed E-state index contributed by atoms with van der Waals surface area (Å²) in [5.74, 6) is 3.93. The third-order valence-electron chi connectivity index (χ3n) is 5.29. The molecule has 0 aromatic heterocycles. The van der Waals surface area contributed by atoms with Crippen LogP contribution in [0.15, 0.2) is 42.1 Å². The minimum Gasteiger partial charge on any atom is -0.370 e. The van der Waals surface area contributed by atoms with Crippen LogP contribution < -0.4 is 16.5 Å². The van der Waals surface area contributed by atoms with E-state index >= 15 is 0 Å². The first kappa shape index (κ1) is 24.0. The summed E-state index contributed by atoms with van der Waals surface area (Å²) < 4.78 is 40.3. The zero-order chi connectivity index (χ0) is 24.7. The summed E-state index contributed by atoms with van der Waals surface area (Å²) in [6.45, 7) is 5.04. The van der Waals surface area contributed by atoms with E-state index < -0.39 is 29.5 Å². The van der Waals surface area contributed by atoms with Crippen molar-refractivity contribution in [1.82, 2.24) is 5.01 Å². The number of fused-ring (bicyclic) bond motifs is 1. The van der Waals surface area contributed by atoms with E-state index in [1.807, 2.05) is 19.9 Å². The smallest absolute Gasteiger partial charge is 0.370 e. The van der Waals surface area contributed by atoms with E-state index in [1.165, 1.54) is 17.9 Å². The number of primary amides is 1. The molecule has 0 unspecified atom stereocenters. The summed E-state index contributed by atoms with van der Waals surface area (Å²) in [5.41, 5.74) is 6.47. The molecule has 0 saturated carbocycles. The minimum atomic E-state index is -4.61. The number of nitrogens with zero attached hydrogens (tertiary/aromatic N) is 2. The Morgan fingerprint density at radius 2 is 1.64 bits per heavy atom. The van der Waals surface area contributed by atoms with Gasteiger partial charge >= 0.3 is 6.18 Å². The van der Waals surface area contributed by atoms with Crippen molar-refractivity contribution >= 4 is 34.7 Å². The first-order valence-corrected chi connectivity index (χ1v) is 10.0. The third kappa shape index (κ3) is 4.75. The van der Waals surface area contributed by atoms with Gasteiger partial charge in [0.25, 0.3) is 5.91 Å². The summed E-state index contributed by atoms with van der Waals surface area (Å²) in [4.78, 5) is 38.0. The van der Waals surface area contributed by atoms with Crippen molar-refractivity contribution < 1.29 is 27.6 Å². The lowest BCUT2D eigenvalue weighted by Gasteiger charge is -2.21. The Morgan fingerprint density at radius 3 is 2.18 bits per heavy atom. The first-order chi connectivity index (χ1) is 15.3. The number of benzene rings is 2. The number of anilines is 2. The molecule has 7 nitrogen and oxygen atoms in total. The summed E-state index contributed by atoms with van der Waals surface area (Å²) in [6, 6.07) is 8.22. The number of carbonyl (C=O) groups excluding carboxylic acids is 3. The summed E-state index contributed by atoms with van der Waals surface area (Å²) in [5, 5.41) is 0.725. The largest absolute Gasteiger partial charge is 0.416 e. The second-order valence-electron chi connectivity index (χ2n) is 7.91. The first-order valence-electron chi connectivity index (χ1n) is 10.0. The molecule has 1 heterocycles. The van der Waals surface area contributed by atoms with Crippen molar-refractivity contribution in [2.75, 3.05) is 4.90 Å². The highest BCUT2D eigenvalue weighted by Crippen LogP contribution is 2.45. The number of rotatable bonds is 5. The highest BCUT2D eigenvalue weighted by Gasteiger charge is 2.39. The lowest BCUT2D eigenvalue weighted by atomic mass is 10.0. The molecule has 0 atom stereocenters. The molecule has 10 heteroatoms. The second-order valence-corrected chi connectivity index (χ2v) is 7.91. The maximum Gasteiger partial charge on any atom is 0.416 e. The molecule has 0 saturated heterocycles. The number of nitrogens with two attached hydrogens (primary N) is 2. The average molecular weight is 460 g/mol. The van der Waals surface area contributed by atoms with Gasteiger partial charge in [0, 0.05) is 29.8 Å². The molecular weight excluding hydrogens is 437 g/mol. The molecule has 0 fully saturated rings. The van der Waals surface area contributed by atoms with Gasteiger partial charge < -0.3 is 5.73 Å². The number of hydrogen-bond acceptors (Lipinski definition) is 4. The van der Waals surface area contributed by atoms with Crippen molar-refractivity contribution in [3.63, 3.8) is 0 Å². The molecule has 0 spiro atoms. The van der Waals surface area contributed by atoms with Crippen molar-refractivity contribution in [2.45, 2.75) is 39.8 Å². The standard InChI is InChI=1S/C23H23F3N4O3/c1-12-8-13(2)10-16(9-12)29-18-11-15(23(24,25)26)4-5-17(18)21(22(29)33)14(3)30(28)20(32)7-6-19(27)31/h4-5,8-11H,6-7,28H2,1-3H3,(H2,27,31)/b21-14-. The van der Waals surface area contributed by atoms with Gasteiger partial charge in [-0.15, -0.1) is 0 Å². The van der Waals surface area contributed by atoms with Gasteiger partial charge in [-0.05, 0) is 56.2 Å². The number of allylic oxidation sites excluding steroid dienone is 1. The SMILES string of the molecule is C/C(=C1/C(=O)N(c2cc(C)cc(C)c2)c2cc(C(F)(F)F)ccc21)N(N)C(=O)CCC(N)=O. The molecule has 0 bridgehead atoms. The summed E-state index contributed by atoms with van der Waals surface area (Å²) in [7, 11) is 0. The van der Waals surface area contributed by atoms with Crippen LogP contribution in [-0.4, -0.2) is 22.7 Å². The monoisotopic (exact) mass is 460 g/mol. The van der Waals surface area contributed by atoms with Crippen LogP contribution in [-0.2, 0) is 20.6 Å². The van der Waals surface area contributed by atoms with Crippen LogP contribution in [0.2, 0.25) is 0 Å². The lowest BCUT2D eigenvalue weighted by Crippen LogP contribution is -2.37. The molecule has 0 radical (unpaired) electrons. The average Bonchev–Trinajstić information content (AvgIpc) is 3.00. The van der Waals surface area contributed by atoms with Gasteiger partial charge in [0.05, 0.1) is 16.8 Å². The predicted octanol–water partition coefficient (Wildman–Crippen LogP) is 3.70. The number of hydrazine groups is 1. The molecule has 2 aromatic rings. The number of carbonyl (C=O) groups is 3. The van der Waals surface area contributed by atoms with E-state index in [0.29, 0.717) is 5.69 Å². The van der Waals surface area contributed by atoms with E-state index in [2.05, 4.69) is 0 Å². The predicted molar refractivity (Wildman–Crippen MR) is 117 cm³/mol. The molecule has 1 aliphatic heterocycles. The minimum absolute atomic E-state index is 0.00666. The van der Waals surface area contributed by atoms with E-state index in [1.54, 1.807) is 12.1 Å². The van der Waals surface area contributed by atoms with Crippen molar-refractivity contribution in [3.8, 4) is 0 Å². The van der Waals surface area contributed by atoms with Crippen molar-refractivity contribution in [2.24, 2.45) is 11.6 Å². The third-order valence-corrected chi connectivity index (χ3v) is 5.29. The van der Waals surface area contributed by atoms with Gasteiger partial charge in [-0.25, -0.2) is 5.84 Å². The van der Waals surface area contributed by atoms with Gasteiger partial charge in [-0.3, -0.25) is 24.3 Å². The summed E-state index contributed by atoms with van der Waals surface area (Å²) in [6.07, 6.45) is -5.12. The molecule has 0 aliphatic carbocycles. The fourth-order valence-electron chi connectivity index (χ4n) is 3.78. The molecule has 3 rings (SSSR count). The van der Waals surface area contributed by atoms with Crippen LogP contribution in [0.3, 0.4) is 0 Å².